The molecule has 19 heavy (non-hydrogen) atoms. The Labute approximate surface area is 118 Å². The molecule has 6 heteroatoms. The predicted octanol–water partition coefficient (Wildman–Crippen LogP) is 0.839. The summed E-state index contributed by atoms with van der Waals surface area (Å²) in [5.74, 6) is 0.806. The van der Waals surface area contributed by atoms with E-state index in [-0.39, 0.29) is 0 Å². The molecule has 2 rings (SSSR count). The number of aromatic nitrogens is 1. The van der Waals surface area contributed by atoms with Gasteiger partial charge in [0.15, 0.2) is 0 Å². The van der Waals surface area contributed by atoms with E-state index in [2.05, 4.69) is 15.2 Å². The summed E-state index contributed by atoms with van der Waals surface area (Å²) in [6, 6.07) is 3.73. The number of hydrogen-bond donors (Lipinski definition) is 1. The summed E-state index contributed by atoms with van der Waals surface area (Å²) >= 11 is 5.33. The van der Waals surface area contributed by atoms with Crippen LogP contribution in [0.3, 0.4) is 0 Å². The highest BCUT2D eigenvalue weighted by molar-refractivity contribution is 7.80. The summed E-state index contributed by atoms with van der Waals surface area (Å²) in [5.41, 5.74) is 0.916. The zero-order valence-electron chi connectivity index (χ0n) is 11.1. The van der Waals surface area contributed by atoms with Crippen molar-refractivity contribution in [2.75, 3.05) is 40.1 Å². The molecule has 5 nitrogen and oxygen atoms in total. The van der Waals surface area contributed by atoms with Crippen molar-refractivity contribution < 1.29 is 9.47 Å². The molecule has 0 aromatic carbocycles. The molecule has 1 saturated heterocycles. The van der Waals surface area contributed by atoms with Gasteiger partial charge in [0.25, 0.3) is 0 Å². The Morgan fingerprint density at radius 1 is 1.53 bits per heavy atom. The van der Waals surface area contributed by atoms with Gasteiger partial charge in [-0.15, -0.1) is 0 Å². The van der Waals surface area contributed by atoms with Crippen LogP contribution in [0.1, 0.15) is 5.69 Å². The summed E-state index contributed by atoms with van der Waals surface area (Å²) in [7, 11) is 1.65. The van der Waals surface area contributed by atoms with Crippen molar-refractivity contribution in [1.29, 1.82) is 0 Å². The SMILES string of the molecule is COc1ccnc(CC(=S)NCN2CCOCC2)c1. The lowest BCUT2D eigenvalue weighted by Crippen LogP contribution is -2.43. The van der Waals surface area contributed by atoms with Gasteiger partial charge in [-0.1, -0.05) is 12.2 Å². The van der Waals surface area contributed by atoms with E-state index in [9.17, 15) is 0 Å². The predicted molar refractivity (Wildman–Crippen MR) is 77.5 cm³/mol. The van der Waals surface area contributed by atoms with Gasteiger partial charge in [0.1, 0.15) is 5.75 Å². The van der Waals surface area contributed by atoms with E-state index in [1.807, 2.05) is 12.1 Å². The topological polar surface area (TPSA) is 46.6 Å². The molecular weight excluding hydrogens is 262 g/mol. The second-order valence-corrected chi connectivity index (χ2v) is 4.85. The fourth-order valence-electron chi connectivity index (χ4n) is 1.87. The van der Waals surface area contributed by atoms with Gasteiger partial charge in [-0.2, -0.15) is 0 Å². The van der Waals surface area contributed by atoms with Crippen LogP contribution in [0, 0.1) is 0 Å². The molecule has 0 bridgehead atoms. The lowest BCUT2D eigenvalue weighted by atomic mass is 10.2. The second-order valence-electron chi connectivity index (χ2n) is 4.35. The van der Waals surface area contributed by atoms with Crippen LogP contribution in [0.2, 0.25) is 0 Å². The summed E-state index contributed by atoms with van der Waals surface area (Å²) < 4.78 is 10.5. The number of ether oxygens (including phenoxy) is 2. The van der Waals surface area contributed by atoms with Crippen LogP contribution in [0.5, 0.6) is 5.75 Å². The Hall–Kier alpha value is -1.24. The molecule has 1 aliphatic rings. The summed E-state index contributed by atoms with van der Waals surface area (Å²) in [4.78, 5) is 7.37. The van der Waals surface area contributed by atoms with E-state index < -0.39 is 0 Å². The maximum Gasteiger partial charge on any atom is 0.122 e. The van der Waals surface area contributed by atoms with Gasteiger partial charge >= 0.3 is 0 Å². The minimum atomic E-state index is 0.636. The molecule has 104 valence electrons. The molecule has 1 fully saturated rings. The Morgan fingerprint density at radius 2 is 2.32 bits per heavy atom. The van der Waals surface area contributed by atoms with Crippen LogP contribution in [-0.4, -0.2) is 55.0 Å². The van der Waals surface area contributed by atoms with Gasteiger partial charge in [0.05, 0.1) is 37.7 Å². The molecule has 2 heterocycles. The fourth-order valence-corrected chi connectivity index (χ4v) is 2.08. The zero-order valence-corrected chi connectivity index (χ0v) is 11.9. The molecule has 0 aliphatic carbocycles. The third-order valence-corrected chi connectivity index (χ3v) is 3.26. The molecule has 1 N–H and O–H groups in total. The highest BCUT2D eigenvalue weighted by atomic mass is 32.1. The summed E-state index contributed by atoms with van der Waals surface area (Å²) in [5, 5.41) is 3.26. The minimum absolute atomic E-state index is 0.636. The number of rotatable bonds is 5. The van der Waals surface area contributed by atoms with Crippen LogP contribution < -0.4 is 10.1 Å². The highest BCUT2D eigenvalue weighted by Crippen LogP contribution is 2.10. The van der Waals surface area contributed by atoms with Gasteiger partial charge in [-0.3, -0.25) is 9.88 Å². The number of pyridine rings is 1. The molecule has 0 unspecified atom stereocenters. The number of morpholine rings is 1. The molecule has 0 atom stereocenters. The normalized spacial score (nSPS) is 16.1. The van der Waals surface area contributed by atoms with Crippen molar-refractivity contribution in [3.63, 3.8) is 0 Å². The number of methoxy groups -OCH3 is 1. The first-order valence-electron chi connectivity index (χ1n) is 6.33. The van der Waals surface area contributed by atoms with E-state index in [1.54, 1.807) is 13.3 Å². The van der Waals surface area contributed by atoms with Crippen molar-refractivity contribution in [3.05, 3.63) is 24.0 Å². The fraction of sp³-hybridized carbons (Fsp3) is 0.538. The molecule has 0 saturated carbocycles. The third-order valence-electron chi connectivity index (χ3n) is 2.97. The third kappa shape index (κ3) is 4.74. The van der Waals surface area contributed by atoms with Crippen LogP contribution in [-0.2, 0) is 11.2 Å². The van der Waals surface area contributed by atoms with Crippen molar-refractivity contribution in [2.24, 2.45) is 0 Å². The quantitative estimate of drug-likeness (QED) is 0.807. The number of nitrogens with zero attached hydrogens (tertiary/aromatic N) is 2. The standard InChI is InChI=1S/C13H19N3O2S/c1-17-12-2-3-14-11(8-12)9-13(19)15-10-16-4-6-18-7-5-16/h2-3,8H,4-7,9-10H2,1H3,(H,15,19). The van der Waals surface area contributed by atoms with Crippen LogP contribution in [0.4, 0.5) is 0 Å². The summed E-state index contributed by atoms with van der Waals surface area (Å²) in [6.45, 7) is 4.27. The van der Waals surface area contributed by atoms with E-state index in [4.69, 9.17) is 21.7 Å². The highest BCUT2D eigenvalue weighted by Gasteiger charge is 2.10. The molecular formula is C13H19N3O2S. The van der Waals surface area contributed by atoms with Crippen molar-refractivity contribution in [2.45, 2.75) is 6.42 Å². The van der Waals surface area contributed by atoms with Crippen molar-refractivity contribution in [3.8, 4) is 5.75 Å². The monoisotopic (exact) mass is 281 g/mol. The first kappa shape index (κ1) is 14.2. The van der Waals surface area contributed by atoms with Crippen molar-refractivity contribution in [1.82, 2.24) is 15.2 Å². The number of nitrogens with one attached hydrogen (secondary N) is 1. The second kappa shape index (κ2) is 7.37. The van der Waals surface area contributed by atoms with Crippen LogP contribution in [0.25, 0.3) is 0 Å². The Bertz CT molecular complexity index is 422. The summed E-state index contributed by atoms with van der Waals surface area (Å²) in [6.07, 6.45) is 2.37. The Morgan fingerprint density at radius 3 is 3.05 bits per heavy atom. The van der Waals surface area contributed by atoms with E-state index in [0.717, 1.165) is 49.4 Å². The number of hydrogen-bond acceptors (Lipinski definition) is 5. The zero-order chi connectivity index (χ0) is 13.5. The Balaban J connectivity index is 1.76. The van der Waals surface area contributed by atoms with Crippen LogP contribution in [0.15, 0.2) is 18.3 Å². The molecule has 0 radical (unpaired) electrons. The smallest absolute Gasteiger partial charge is 0.122 e. The average molecular weight is 281 g/mol. The van der Waals surface area contributed by atoms with Gasteiger partial charge in [-0.25, -0.2) is 0 Å². The van der Waals surface area contributed by atoms with Gasteiger partial charge in [0, 0.05) is 31.8 Å². The molecule has 1 aliphatic heterocycles. The van der Waals surface area contributed by atoms with E-state index in [0.29, 0.717) is 6.42 Å². The van der Waals surface area contributed by atoms with Gasteiger partial charge in [0.2, 0.25) is 0 Å². The number of thiocarbonyl (C=S) groups is 1. The maximum absolute atomic E-state index is 5.33. The van der Waals surface area contributed by atoms with Gasteiger partial charge in [-0.05, 0) is 6.07 Å². The first-order chi connectivity index (χ1) is 9.28. The average Bonchev–Trinajstić information content (AvgIpc) is 2.46. The minimum Gasteiger partial charge on any atom is -0.497 e. The van der Waals surface area contributed by atoms with E-state index >= 15 is 0 Å². The largest absolute Gasteiger partial charge is 0.497 e. The van der Waals surface area contributed by atoms with E-state index in [1.165, 1.54) is 0 Å². The van der Waals surface area contributed by atoms with Crippen molar-refractivity contribution >= 4 is 17.2 Å². The first-order valence-corrected chi connectivity index (χ1v) is 6.74. The molecule has 0 spiro atoms. The maximum atomic E-state index is 5.33. The van der Waals surface area contributed by atoms with Gasteiger partial charge < -0.3 is 14.8 Å². The van der Waals surface area contributed by atoms with Crippen LogP contribution >= 0.6 is 12.2 Å². The molecule has 1 aromatic heterocycles. The molecule has 1 aromatic rings. The Kier molecular flexibility index (Phi) is 5.50. The lowest BCUT2D eigenvalue weighted by Gasteiger charge is -2.27. The lowest BCUT2D eigenvalue weighted by molar-refractivity contribution is 0.0367. The molecule has 0 amide bonds.